The number of halogens is 2. The molecule has 0 aromatic heterocycles. The van der Waals surface area contributed by atoms with Gasteiger partial charge >= 0.3 is 0 Å². The zero-order valence-electron chi connectivity index (χ0n) is 10.4. The van der Waals surface area contributed by atoms with Crippen LogP contribution in [0.2, 0.25) is 0 Å². The summed E-state index contributed by atoms with van der Waals surface area (Å²) in [7, 11) is -3.13. The molecule has 0 aliphatic heterocycles. The fourth-order valence-corrected chi connectivity index (χ4v) is 3.46. The molecule has 4 nitrogen and oxygen atoms in total. The van der Waals surface area contributed by atoms with Gasteiger partial charge in [-0.15, -0.1) is 0 Å². The fraction of sp³-hybridized carbons (Fsp3) is 0.364. The van der Waals surface area contributed by atoms with E-state index in [-0.39, 0.29) is 20.9 Å². The standard InChI is InChI=1S/C11H14BrFN2O2S2/c1-6(5-19(2,16)17)15-8-4-3-7(11(14)18)9(12)10(8)13/h3-4,6,15H,5H2,1-2H3,(H2,14,18). The predicted molar refractivity (Wildman–Crippen MR) is 82.8 cm³/mol. The van der Waals surface area contributed by atoms with Crippen LogP contribution in [-0.2, 0) is 9.84 Å². The Morgan fingerprint density at radius 2 is 2.16 bits per heavy atom. The molecule has 1 aromatic carbocycles. The van der Waals surface area contributed by atoms with E-state index in [2.05, 4.69) is 21.2 Å². The second kappa shape index (κ2) is 6.15. The fourth-order valence-electron chi connectivity index (χ4n) is 1.61. The second-order valence-corrected chi connectivity index (χ2v) is 7.71. The van der Waals surface area contributed by atoms with E-state index in [0.29, 0.717) is 5.56 Å². The summed E-state index contributed by atoms with van der Waals surface area (Å²) in [6.45, 7) is 1.66. The zero-order valence-corrected chi connectivity index (χ0v) is 13.6. The number of nitrogens with one attached hydrogen (secondary N) is 1. The van der Waals surface area contributed by atoms with Crippen molar-refractivity contribution in [3.05, 3.63) is 28.0 Å². The lowest BCUT2D eigenvalue weighted by Gasteiger charge is -2.16. The van der Waals surface area contributed by atoms with Gasteiger partial charge in [0.15, 0.2) is 5.82 Å². The summed E-state index contributed by atoms with van der Waals surface area (Å²) in [6.07, 6.45) is 1.13. The van der Waals surface area contributed by atoms with Crippen LogP contribution < -0.4 is 11.1 Å². The molecule has 0 radical (unpaired) electrons. The molecular formula is C11H14BrFN2O2S2. The van der Waals surface area contributed by atoms with Crippen LogP contribution >= 0.6 is 28.1 Å². The molecule has 0 aliphatic carbocycles. The highest BCUT2D eigenvalue weighted by Gasteiger charge is 2.16. The van der Waals surface area contributed by atoms with Gasteiger partial charge in [0.1, 0.15) is 14.8 Å². The summed E-state index contributed by atoms with van der Waals surface area (Å²) in [4.78, 5) is 0.0847. The number of thiocarbonyl (C=S) groups is 1. The van der Waals surface area contributed by atoms with E-state index in [1.54, 1.807) is 13.0 Å². The summed E-state index contributed by atoms with van der Waals surface area (Å²) >= 11 is 7.88. The molecule has 0 heterocycles. The summed E-state index contributed by atoms with van der Waals surface area (Å²) in [6, 6.07) is 2.64. The van der Waals surface area contributed by atoms with Gasteiger partial charge in [0, 0.05) is 17.9 Å². The SMILES string of the molecule is CC(CS(C)(=O)=O)Nc1ccc(C(N)=S)c(Br)c1F. The molecule has 0 spiro atoms. The van der Waals surface area contributed by atoms with Gasteiger partial charge in [-0.3, -0.25) is 0 Å². The van der Waals surface area contributed by atoms with Crippen molar-refractivity contribution >= 4 is 48.7 Å². The van der Waals surface area contributed by atoms with Crippen molar-refractivity contribution in [2.75, 3.05) is 17.3 Å². The number of rotatable bonds is 5. The van der Waals surface area contributed by atoms with Gasteiger partial charge in [-0.2, -0.15) is 0 Å². The minimum atomic E-state index is -3.13. The second-order valence-electron chi connectivity index (χ2n) is 4.29. The topological polar surface area (TPSA) is 72.2 Å². The molecule has 1 atom stereocenters. The van der Waals surface area contributed by atoms with Gasteiger partial charge in [-0.1, -0.05) is 12.2 Å². The Hall–Kier alpha value is -0.730. The normalized spacial score (nSPS) is 13.1. The van der Waals surface area contributed by atoms with Crippen LogP contribution in [0.15, 0.2) is 16.6 Å². The first-order chi connectivity index (χ1) is 8.61. The van der Waals surface area contributed by atoms with Crippen molar-refractivity contribution in [1.82, 2.24) is 0 Å². The van der Waals surface area contributed by atoms with E-state index in [1.807, 2.05) is 0 Å². The van der Waals surface area contributed by atoms with Crippen molar-refractivity contribution in [2.24, 2.45) is 5.73 Å². The van der Waals surface area contributed by atoms with Crippen molar-refractivity contribution in [3.8, 4) is 0 Å². The van der Waals surface area contributed by atoms with Crippen LogP contribution in [0.1, 0.15) is 12.5 Å². The zero-order chi connectivity index (χ0) is 14.8. The van der Waals surface area contributed by atoms with Gasteiger partial charge in [0.25, 0.3) is 0 Å². The van der Waals surface area contributed by atoms with Crippen LogP contribution in [0.25, 0.3) is 0 Å². The van der Waals surface area contributed by atoms with E-state index in [0.717, 1.165) is 6.26 Å². The van der Waals surface area contributed by atoms with Gasteiger partial charge < -0.3 is 11.1 Å². The Balaban J connectivity index is 2.98. The molecule has 1 aromatic rings. The highest BCUT2D eigenvalue weighted by Crippen LogP contribution is 2.27. The molecule has 0 saturated heterocycles. The molecule has 1 rings (SSSR count). The number of anilines is 1. The first-order valence-electron chi connectivity index (χ1n) is 5.34. The largest absolute Gasteiger partial charge is 0.389 e. The third-order valence-electron chi connectivity index (χ3n) is 2.30. The average molecular weight is 369 g/mol. The van der Waals surface area contributed by atoms with Crippen molar-refractivity contribution < 1.29 is 12.8 Å². The van der Waals surface area contributed by atoms with Gasteiger partial charge in [0.05, 0.1) is 15.9 Å². The number of hydrogen-bond donors (Lipinski definition) is 2. The molecule has 0 amide bonds. The quantitative estimate of drug-likeness (QED) is 0.778. The highest BCUT2D eigenvalue weighted by atomic mass is 79.9. The number of benzene rings is 1. The van der Waals surface area contributed by atoms with Gasteiger partial charge in [-0.05, 0) is 35.0 Å². The summed E-state index contributed by atoms with van der Waals surface area (Å²) < 4.78 is 36.5. The van der Waals surface area contributed by atoms with Crippen LogP contribution in [0.4, 0.5) is 10.1 Å². The van der Waals surface area contributed by atoms with Crippen molar-refractivity contribution in [3.63, 3.8) is 0 Å². The Morgan fingerprint density at radius 1 is 1.58 bits per heavy atom. The summed E-state index contributed by atoms with van der Waals surface area (Å²) in [5, 5.41) is 2.81. The molecule has 3 N–H and O–H groups in total. The van der Waals surface area contributed by atoms with Crippen LogP contribution in [0, 0.1) is 5.82 Å². The lowest BCUT2D eigenvalue weighted by atomic mass is 10.2. The smallest absolute Gasteiger partial charge is 0.161 e. The van der Waals surface area contributed by atoms with Crippen LogP contribution in [-0.4, -0.2) is 31.5 Å². The first-order valence-corrected chi connectivity index (χ1v) is 8.60. The first kappa shape index (κ1) is 16.3. The van der Waals surface area contributed by atoms with E-state index in [4.69, 9.17) is 18.0 Å². The monoisotopic (exact) mass is 368 g/mol. The van der Waals surface area contributed by atoms with Crippen LogP contribution in [0.3, 0.4) is 0 Å². The van der Waals surface area contributed by atoms with E-state index < -0.39 is 21.7 Å². The lowest BCUT2D eigenvalue weighted by Crippen LogP contribution is -2.25. The maximum absolute atomic E-state index is 14.0. The third kappa shape index (κ3) is 4.70. The van der Waals surface area contributed by atoms with Gasteiger partial charge in [-0.25, -0.2) is 12.8 Å². The lowest BCUT2D eigenvalue weighted by molar-refractivity contribution is 0.596. The number of sulfone groups is 1. The summed E-state index contributed by atoms with van der Waals surface area (Å²) in [5.74, 6) is -0.633. The summed E-state index contributed by atoms with van der Waals surface area (Å²) in [5.41, 5.74) is 6.05. The Kier molecular flexibility index (Phi) is 5.28. The molecule has 106 valence electrons. The Bertz CT molecular complexity index is 605. The minimum Gasteiger partial charge on any atom is -0.389 e. The Labute approximate surface area is 125 Å². The molecule has 0 saturated carbocycles. The number of nitrogens with two attached hydrogens (primary N) is 1. The van der Waals surface area contributed by atoms with Crippen LogP contribution in [0.5, 0.6) is 0 Å². The maximum atomic E-state index is 14.0. The molecule has 8 heteroatoms. The van der Waals surface area contributed by atoms with Crippen molar-refractivity contribution in [2.45, 2.75) is 13.0 Å². The van der Waals surface area contributed by atoms with E-state index in [1.165, 1.54) is 6.07 Å². The molecule has 1 unspecified atom stereocenters. The van der Waals surface area contributed by atoms with Gasteiger partial charge in [0.2, 0.25) is 0 Å². The number of hydrogen-bond acceptors (Lipinski definition) is 4. The predicted octanol–water partition coefficient (Wildman–Crippen LogP) is 2.07. The highest BCUT2D eigenvalue weighted by molar-refractivity contribution is 9.10. The molecule has 0 aliphatic rings. The molecule has 0 bridgehead atoms. The van der Waals surface area contributed by atoms with E-state index >= 15 is 0 Å². The van der Waals surface area contributed by atoms with Crippen molar-refractivity contribution in [1.29, 1.82) is 0 Å². The molecule has 19 heavy (non-hydrogen) atoms. The van der Waals surface area contributed by atoms with E-state index in [9.17, 15) is 12.8 Å². The maximum Gasteiger partial charge on any atom is 0.161 e. The molecule has 0 fully saturated rings. The Morgan fingerprint density at radius 3 is 2.63 bits per heavy atom. The molecular weight excluding hydrogens is 355 g/mol. The minimum absolute atomic E-state index is 0.0822. The third-order valence-corrected chi connectivity index (χ3v) is 4.40. The average Bonchev–Trinajstić information content (AvgIpc) is 2.21.